The monoisotopic (exact) mass is 205 g/mol. The molecule has 1 rings (SSSR count). The van der Waals surface area contributed by atoms with Gasteiger partial charge in [-0.1, -0.05) is 32.9 Å². The van der Waals surface area contributed by atoms with Crippen molar-refractivity contribution in [2.45, 2.75) is 27.3 Å². The molecule has 0 fully saturated rings. The Morgan fingerprint density at radius 2 is 2.07 bits per heavy atom. The van der Waals surface area contributed by atoms with Crippen molar-refractivity contribution in [3.8, 4) is 5.75 Å². The maximum atomic E-state index is 5.15. The van der Waals surface area contributed by atoms with Crippen LogP contribution in [0.3, 0.4) is 0 Å². The molecular formula is C13H19NO. The predicted molar refractivity (Wildman–Crippen MR) is 64.6 cm³/mol. The fraction of sp³-hybridized carbons (Fsp3) is 0.462. The van der Waals surface area contributed by atoms with Crippen LogP contribution in [0.1, 0.15) is 26.3 Å². The summed E-state index contributed by atoms with van der Waals surface area (Å²) in [6.07, 6.45) is 1.99. The van der Waals surface area contributed by atoms with E-state index < -0.39 is 0 Å². The highest BCUT2D eigenvalue weighted by Crippen LogP contribution is 2.14. The molecule has 0 spiro atoms. The number of aliphatic imine (C=N–C) groups is 1. The normalized spacial score (nSPS) is 12.0. The Morgan fingerprint density at radius 3 is 2.67 bits per heavy atom. The Balaban J connectivity index is 2.61. The predicted octanol–water partition coefficient (Wildman–Crippen LogP) is 3.31. The van der Waals surface area contributed by atoms with Crippen molar-refractivity contribution in [1.82, 2.24) is 0 Å². The molecule has 2 heteroatoms. The molecule has 1 aromatic carbocycles. The van der Waals surface area contributed by atoms with E-state index >= 15 is 0 Å². The van der Waals surface area contributed by atoms with E-state index in [0.29, 0.717) is 6.54 Å². The summed E-state index contributed by atoms with van der Waals surface area (Å²) in [6.45, 7) is 7.14. The largest absolute Gasteiger partial charge is 0.497 e. The standard InChI is InChI=1S/C13H19NO/c1-13(2,3)10-14-9-11-6-5-7-12(8-11)15-4/h5-8,10H,9H2,1-4H3/b14-10+. The first-order chi connectivity index (χ1) is 7.01. The maximum Gasteiger partial charge on any atom is 0.119 e. The number of ether oxygens (including phenoxy) is 1. The van der Waals surface area contributed by atoms with Gasteiger partial charge in [-0.2, -0.15) is 0 Å². The summed E-state index contributed by atoms with van der Waals surface area (Å²) >= 11 is 0. The highest BCUT2D eigenvalue weighted by Gasteiger charge is 2.04. The highest BCUT2D eigenvalue weighted by molar-refractivity contribution is 5.63. The van der Waals surface area contributed by atoms with Gasteiger partial charge in [0.15, 0.2) is 0 Å². The van der Waals surface area contributed by atoms with Crippen LogP contribution in [0.15, 0.2) is 29.3 Å². The van der Waals surface area contributed by atoms with Crippen LogP contribution in [0.5, 0.6) is 5.75 Å². The maximum absolute atomic E-state index is 5.15. The summed E-state index contributed by atoms with van der Waals surface area (Å²) < 4.78 is 5.15. The van der Waals surface area contributed by atoms with Crippen molar-refractivity contribution in [3.63, 3.8) is 0 Å². The molecule has 0 N–H and O–H groups in total. The molecule has 1 aromatic rings. The van der Waals surface area contributed by atoms with Gasteiger partial charge in [0.05, 0.1) is 13.7 Å². The van der Waals surface area contributed by atoms with Crippen LogP contribution in [0.25, 0.3) is 0 Å². The van der Waals surface area contributed by atoms with Gasteiger partial charge in [0, 0.05) is 6.21 Å². The van der Waals surface area contributed by atoms with Crippen molar-refractivity contribution in [1.29, 1.82) is 0 Å². The fourth-order valence-electron chi connectivity index (χ4n) is 1.20. The van der Waals surface area contributed by atoms with E-state index in [1.807, 2.05) is 24.4 Å². The van der Waals surface area contributed by atoms with Crippen molar-refractivity contribution in [2.24, 2.45) is 10.4 Å². The lowest BCUT2D eigenvalue weighted by molar-refractivity contribution is 0.414. The summed E-state index contributed by atoms with van der Waals surface area (Å²) in [5, 5.41) is 0. The molecule has 0 aliphatic carbocycles. The number of rotatable bonds is 3. The molecule has 15 heavy (non-hydrogen) atoms. The molecule has 0 saturated carbocycles. The molecule has 2 nitrogen and oxygen atoms in total. The molecule has 0 amide bonds. The molecule has 0 heterocycles. The van der Waals surface area contributed by atoms with Gasteiger partial charge in [-0.15, -0.1) is 0 Å². The van der Waals surface area contributed by atoms with Gasteiger partial charge in [-0.3, -0.25) is 4.99 Å². The van der Waals surface area contributed by atoms with E-state index in [4.69, 9.17) is 4.74 Å². The second kappa shape index (κ2) is 4.96. The Kier molecular flexibility index (Phi) is 3.89. The van der Waals surface area contributed by atoms with Crippen LogP contribution in [0.2, 0.25) is 0 Å². The lowest BCUT2D eigenvalue weighted by atomic mass is 9.99. The van der Waals surface area contributed by atoms with Crippen molar-refractivity contribution >= 4 is 6.21 Å². The second-order valence-corrected chi connectivity index (χ2v) is 4.69. The van der Waals surface area contributed by atoms with E-state index in [9.17, 15) is 0 Å². The minimum atomic E-state index is 0.152. The van der Waals surface area contributed by atoms with E-state index in [1.54, 1.807) is 7.11 Å². The van der Waals surface area contributed by atoms with Crippen LogP contribution < -0.4 is 4.74 Å². The highest BCUT2D eigenvalue weighted by atomic mass is 16.5. The number of benzene rings is 1. The minimum absolute atomic E-state index is 0.152. The zero-order valence-electron chi connectivity index (χ0n) is 9.95. The zero-order chi connectivity index (χ0) is 11.3. The summed E-state index contributed by atoms with van der Waals surface area (Å²) in [6, 6.07) is 8.00. The molecule has 0 radical (unpaired) electrons. The lowest BCUT2D eigenvalue weighted by Crippen LogP contribution is -2.06. The Labute approximate surface area is 92.0 Å². The van der Waals surface area contributed by atoms with E-state index in [2.05, 4.69) is 31.8 Å². The zero-order valence-corrected chi connectivity index (χ0v) is 9.95. The molecule has 0 aromatic heterocycles. The number of hydrogen-bond donors (Lipinski definition) is 0. The first-order valence-electron chi connectivity index (χ1n) is 5.15. The summed E-state index contributed by atoms with van der Waals surface area (Å²) in [5.41, 5.74) is 1.33. The Morgan fingerprint density at radius 1 is 1.33 bits per heavy atom. The summed E-state index contributed by atoms with van der Waals surface area (Å²) in [5.74, 6) is 0.887. The van der Waals surface area contributed by atoms with Crippen LogP contribution in [0, 0.1) is 5.41 Å². The van der Waals surface area contributed by atoms with E-state index in [1.165, 1.54) is 5.56 Å². The molecule has 82 valence electrons. The Hall–Kier alpha value is -1.31. The van der Waals surface area contributed by atoms with Gasteiger partial charge in [-0.05, 0) is 23.1 Å². The quantitative estimate of drug-likeness (QED) is 0.694. The van der Waals surface area contributed by atoms with Gasteiger partial charge in [0.2, 0.25) is 0 Å². The molecular weight excluding hydrogens is 186 g/mol. The lowest BCUT2D eigenvalue weighted by Gasteiger charge is -2.10. The minimum Gasteiger partial charge on any atom is -0.497 e. The first-order valence-corrected chi connectivity index (χ1v) is 5.15. The van der Waals surface area contributed by atoms with E-state index in [0.717, 1.165) is 5.75 Å². The first kappa shape index (κ1) is 11.8. The Bertz CT molecular complexity index is 337. The molecule has 0 bridgehead atoms. The third kappa shape index (κ3) is 4.63. The second-order valence-electron chi connectivity index (χ2n) is 4.69. The van der Waals surface area contributed by atoms with Crippen LogP contribution in [-0.2, 0) is 6.54 Å². The van der Waals surface area contributed by atoms with Crippen LogP contribution in [0.4, 0.5) is 0 Å². The molecule has 0 atom stereocenters. The third-order valence-corrected chi connectivity index (χ3v) is 1.89. The van der Waals surface area contributed by atoms with Crippen molar-refractivity contribution in [2.75, 3.05) is 7.11 Å². The van der Waals surface area contributed by atoms with Crippen molar-refractivity contribution < 1.29 is 4.74 Å². The van der Waals surface area contributed by atoms with Crippen LogP contribution >= 0.6 is 0 Å². The smallest absolute Gasteiger partial charge is 0.119 e. The SMILES string of the molecule is COc1cccc(C/N=C/C(C)(C)C)c1. The van der Waals surface area contributed by atoms with Gasteiger partial charge < -0.3 is 4.74 Å². The van der Waals surface area contributed by atoms with Crippen LogP contribution in [-0.4, -0.2) is 13.3 Å². The molecule has 0 saturated heterocycles. The topological polar surface area (TPSA) is 21.6 Å². The summed E-state index contributed by atoms with van der Waals surface area (Å²) in [7, 11) is 1.68. The van der Waals surface area contributed by atoms with Gasteiger partial charge >= 0.3 is 0 Å². The number of nitrogens with zero attached hydrogens (tertiary/aromatic N) is 1. The fourth-order valence-corrected chi connectivity index (χ4v) is 1.20. The summed E-state index contributed by atoms with van der Waals surface area (Å²) in [4.78, 5) is 4.41. The number of hydrogen-bond acceptors (Lipinski definition) is 2. The molecule has 0 aliphatic rings. The average molecular weight is 205 g/mol. The van der Waals surface area contributed by atoms with Gasteiger partial charge in [0.1, 0.15) is 5.75 Å². The third-order valence-electron chi connectivity index (χ3n) is 1.89. The average Bonchev–Trinajstić information content (AvgIpc) is 2.16. The van der Waals surface area contributed by atoms with Gasteiger partial charge in [-0.25, -0.2) is 0 Å². The van der Waals surface area contributed by atoms with Gasteiger partial charge in [0.25, 0.3) is 0 Å². The molecule has 0 unspecified atom stereocenters. The van der Waals surface area contributed by atoms with E-state index in [-0.39, 0.29) is 5.41 Å². The number of methoxy groups -OCH3 is 1. The molecule has 0 aliphatic heterocycles. The van der Waals surface area contributed by atoms with Crippen molar-refractivity contribution in [3.05, 3.63) is 29.8 Å².